The minimum atomic E-state index is -3.86. The SMILES string of the molecule is COc1ccc(S(=O)(=O)NC2CCOC(c3cncn3C)C2)c(C)c1F. The Labute approximate surface area is 152 Å². The van der Waals surface area contributed by atoms with Crippen LogP contribution in [0, 0.1) is 12.7 Å². The maximum atomic E-state index is 14.2. The normalized spacial score (nSPS) is 20.9. The van der Waals surface area contributed by atoms with Gasteiger partial charge in [0.2, 0.25) is 10.0 Å². The van der Waals surface area contributed by atoms with E-state index in [1.807, 2.05) is 11.6 Å². The molecular weight excluding hydrogens is 361 g/mol. The zero-order valence-electron chi connectivity index (χ0n) is 14.9. The Bertz CT molecular complexity index is 897. The zero-order valence-corrected chi connectivity index (χ0v) is 15.7. The minimum Gasteiger partial charge on any atom is -0.494 e. The van der Waals surface area contributed by atoms with E-state index >= 15 is 0 Å². The molecule has 1 saturated heterocycles. The van der Waals surface area contributed by atoms with E-state index in [1.165, 1.54) is 26.2 Å². The van der Waals surface area contributed by atoms with Gasteiger partial charge in [0.1, 0.15) is 6.10 Å². The van der Waals surface area contributed by atoms with Gasteiger partial charge in [0.25, 0.3) is 0 Å². The van der Waals surface area contributed by atoms with Gasteiger partial charge in [-0.2, -0.15) is 0 Å². The number of ether oxygens (including phenoxy) is 2. The summed E-state index contributed by atoms with van der Waals surface area (Å²) in [4.78, 5) is 3.99. The molecule has 0 bridgehead atoms. The van der Waals surface area contributed by atoms with Crippen molar-refractivity contribution in [3.05, 3.63) is 41.7 Å². The molecule has 7 nitrogen and oxygen atoms in total. The number of aromatic nitrogens is 2. The van der Waals surface area contributed by atoms with E-state index in [1.54, 1.807) is 12.5 Å². The van der Waals surface area contributed by atoms with Crippen molar-refractivity contribution in [1.29, 1.82) is 0 Å². The number of nitrogens with one attached hydrogen (secondary N) is 1. The van der Waals surface area contributed by atoms with Crippen LogP contribution in [-0.4, -0.2) is 37.7 Å². The van der Waals surface area contributed by atoms with Gasteiger partial charge < -0.3 is 14.0 Å². The van der Waals surface area contributed by atoms with E-state index in [-0.39, 0.29) is 28.4 Å². The Morgan fingerprint density at radius 3 is 2.85 bits per heavy atom. The summed E-state index contributed by atoms with van der Waals surface area (Å²) in [6.45, 7) is 1.85. The number of hydrogen-bond acceptors (Lipinski definition) is 5. The lowest BCUT2D eigenvalue weighted by Crippen LogP contribution is -2.40. The Kier molecular flexibility index (Phi) is 5.31. The number of benzene rings is 1. The molecule has 2 aromatic rings. The highest BCUT2D eigenvalue weighted by molar-refractivity contribution is 7.89. The van der Waals surface area contributed by atoms with Crippen molar-refractivity contribution in [3.63, 3.8) is 0 Å². The van der Waals surface area contributed by atoms with E-state index in [0.29, 0.717) is 19.4 Å². The average molecular weight is 383 g/mol. The molecule has 0 amide bonds. The second kappa shape index (κ2) is 7.34. The first-order valence-corrected chi connectivity index (χ1v) is 9.75. The molecule has 0 spiro atoms. The summed E-state index contributed by atoms with van der Waals surface area (Å²) in [5.74, 6) is -0.654. The van der Waals surface area contributed by atoms with Gasteiger partial charge in [0.15, 0.2) is 11.6 Å². The largest absolute Gasteiger partial charge is 0.494 e. The molecule has 2 unspecified atom stereocenters. The van der Waals surface area contributed by atoms with Gasteiger partial charge >= 0.3 is 0 Å². The van der Waals surface area contributed by atoms with Gasteiger partial charge in [0.05, 0.1) is 30.2 Å². The van der Waals surface area contributed by atoms with Crippen molar-refractivity contribution < 1.29 is 22.3 Å². The lowest BCUT2D eigenvalue weighted by Gasteiger charge is -2.30. The average Bonchev–Trinajstić information content (AvgIpc) is 3.03. The first-order chi connectivity index (χ1) is 12.3. The van der Waals surface area contributed by atoms with Crippen LogP contribution in [0.2, 0.25) is 0 Å². The summed E-state index contributed by atoms with van der Waals surface area (Å²) in [5, 5.41) is 0. The van der Waals surface area contributed by atoms with Gasteiger partial charge in [-0.1, -0.05) is 0 Å². The van der Waals surface area contributed by atoms with E-state index < -0.39 is 15.8 Å². The number of methoxy groups -OCH3 is 1. The lowest BCUT2D eigenvalue weighted by atomic mass is 10.0. The Morgan fingerprint density at radius 1 is 1.42 bits per heavy atom. The minimum absolute atomic E-state index is 0.0174. The van der Waals surface area contributed by atoms with Gasteiger partial charge in [-0.3, -0.25) is 0 Å². The third-order valence-electron chi connectivity index (χ3n) is 4.60. The first-order valence-electron chi connectivity index (χ1n) is 8.26. The molecule has 0 aliphatic carbocycles. The van der Waals surface area contributed by atoms with Crippen molar-refractivity contribution in [2.75, 3.05) is 13.7 Å². The van der Waals surface area contributed by atoms with Crippen LogP contribution in [0.25, 0.3) is 0 Å². The Hall–Kier alpha value is -1.97. The Balaban J connectivity index is 1.79. The van der Waals surface area contributed by atoms with Crippen LogP contribution in [-0.2, 0) is 21.8 Å². The van der Waals surface area contributed by atoms with E-state index in [9.17, 15) is 12.8 Å². The fourth-order valence-corrected chi connectivity index (χ4v) is 4.68. The van der Waals surface area contributed by atoms with E-state index in [2.05, 4.69) is 9.71 Å². The second-order valence-electron chi connectivity index (χ2n) is 6.34. The molecule has 0 radical (unpaired) electrons. The van der Waals surface area contributed by atoms with Crippen LogP contribution in [0.5, 0.6) is 5.75 Å². The van der Waals surface area contributed by atoms with Gasteiger partial charge in [-0.15, -0.1) is 0 Å². The maximum absolute atomic E-state index is 14.2. The second-order valence-corrected chi connectivity index (χ2v) is 8.02. The fourth-order valence-electron chi connectivity index (χ4n) is 3.16. The third kappa shape index (κ3) is 3.60. The monoisotopic (exact) mass is 383 g/mol. The third-order valence-corrected chi connectivity index (χ3v) is 6.27. The maximum Gasteiger partial charge on any atom is 0.241 e. The molecule has 2 heterocycles. The summed E-state index contributed by atoms with van der Waals surface area (Å²) in [6, 6.07) is 2.37. The van der Waals surface area contributed by atoms with E-state index in [4.69, 9.17) is 9.47 Å². The van der Waals surface area contributed by atoms with Crippen LogP contribution >= 0.6 is 0 Å². The quantitative estimate of drug-likeness (QED) is 0.855. The molecule has 3 rings (SSSR count). The molecule has 1 aromatic carbocycles. The van der Waals surface area contributed by atoms with Crippen LogP contribution in [0.3, 0.4) is 0 Å². The molecule has 1 aliphatic rings. The van der Waals surface area contributed by atoms with Gasteiger partial charge in [0, 0.05) is 25.3 Å². The lowest BCUT2D eigenvalue weighted by molar-refractivity contribution is -0.0000462. The summed E-state index contributed by atoms with van der Waals surface area (Å²) < 4.78 is 54.9. The molecule has 26 heavy (non-hydrogen) atoms. The number of sulfonamides is 1. The molecule has 1 aromatic heterocycles. The molecule has 2 atom stereocenters. The van der Waals surface area contributed by atoms with Crippen molar-refractivity contribution in [3.8, 4) is 5.75 Å². The molecule has 142 valence electrons. The highest BCUT2D eigenvalue weighted by Crippen LogP contribution is 2.30. The summed E-state index contributed by atoms with van der Waals surface area (Å²) in [6.07, 6.45) is 4.18. The highest BCUT2D eigenvalue weighted by Gasteiger charge is 2.30. The van der Waals surface area contributed by atoms with Crippen LogP contribution in [0.4, 0.5) is 4.39 Å². The molecule has 1 aliphatic heterocycles. The van der Waals surface area contributed by atoms with E-state index in [0.717, 1.165) is 5.69 Å². The van der Waals surface area contributed by atoms with Crippen molar-refractivity contribution >= 4 is 10.0 Å². The first kappa shape index (κ1) is 18.8. The standard InChI is InChI=1S/C17H22FN3O4S/c1-11-16(5-4-14(24-3)17(11)18)26(22,23)20-12-6-7-25-15(8-12)13-9-19-10-21(13)2/h4-5,9-10,12,15,20H,6-8H2,1-3H3. The van der Waals surface area contributed by atoms with Crippen LogP contribution in [0.1, 0.15) is 30.2 Å². The summed E-state index contributed by atoms with van der Waals surface area (Å²) >= 11 is 0. The van der Waals surface area contributed by atoms with Gasteiger partial charge in [-0.25, -0.2) is 22.5 Å². The molecule has 0 saturated carbocycles. The van der Waals surface area contributed by atoms with Crippen molar-refractivity contribution in [2.45, 2.75) is 36.8 Å². The smallest absolute Gasteiger partial charge is 0.241 e. The topological polar surface area (TPSA) is 82.5 Å². The number of hydrogen-bond donors (Lipinski definition) is 1. The zero-order chi connectivity index (χ0) is 18.9. The van der Waals surface area contributed by atoms with Gasteiger partial charge in [-0.05, 0) is 31.9 Å². The van der Waals surface area contributed by atoms with Crippen molar-refractivity contribution in [1.82, 2.24) is 14.3 Å². The predicted molar refractivity (Wildman–Crippen MR) is 92.9 cm³/mol. The van der Waals surface area contributed by atoms with Crippen LogP contribution in [0.15, 0.2) is 29.6 Å². The fraction of sp³-hybridized carbons (Fsp3) is 0.471. The summed E-state index contributed by atoms with van der Waals surface area (Å²) in [7, 11) is -0.662. The predicted octanol–water partition coefficient (Wildman–Crippen LogP) is 2.07. The Morgan fingerprint density at radius 2 is 2.19 bits per heavy atom. The molecular formula is C17H22FN3O4S. The number of imidazole rings is 1. The highest BCUT2D eigenvalue weighted by atomic mass is 32.2. The summed E-state index contributed by atoms with van der Waals surface area (Å²) in [5.41, 5.74) is 0.924. The number of aryl methyl sites for hydroxylation is 1. The van der Waals surface area contributed by atoms with Crippen molar-refractivity contribution in [2.24, 2.45) is 7.05 Å². The molecule has 9 heteroatoms. The number of nitrogens with zero attached hydrogens (tertiary/aromatic N) is 2. The number of halogens is 1. The molecule has 1 fully saturated rings. The van der Waals surface area contributed by atoms with Crippen LogP contribution < -0.4 is 9.46 Å². The molecule has 1 N–H and O–H groups in total. The number of rotatable bonds is 5.